The van der Waals surface area contributed by atoms with Crippen molar-refractivity contribution in [3.8, 4) is 5.69 Å². The van der Waals surface area contributed by atoms with E-state index in [1.54, 1.807) is 16.9 Å². The van der Waals surface area contributed by atoms with Crippen LogP contribution in [0.2, 0.25) is 0 Å². The molecule has 1 aliphatic carbocycles. The molecule has 0 aliphatic heterocycles. The first kappa shape index (κ1) is 18.9. The minimum atomic E-state index is -0.120. The van der Waals surface area contributed by atoms with E-state index in [2.05, 4.69) is 30.8 Å². The van der Waals surface area contributed by atoms with Gasteiger partial charge in [0, 0.05) is 23.7 Å². The van der Waals surface area contributed by atoms with Crippen molar-refractivity contribution >= 4 is 38.8 Å². The number of fused-ring (bicyclic) bond motifs is 2. The van der Waals surface area contributed by atoms with Gasteiger partial charge in [-0.3, -0.25) is 4.79 Å². The highest BCUT2D eigenvalue weighted by Crippen LogP contribution is 2.25. The van der Waals surface area contributed by atoms with Gasteiger partial charge in [0.15, 0.2) is 5.65 Å². The number of nitrogens with one attached hydrogen (secondary N) is 2. The maximum Gasteiger partial charge on any atom is 0.289 e. The standard InChI is InChI=1S/C22H20N8OS/c31-21-20-14(8-10-32-20)12-24-30(21)17-6-7-18(23-13-17)25-15-4-5-16(11-15)26-22-27-19-3-1-2-9-29(19)28-22/h1-3,6-10,12-13,15-16H,4-5,11H2,(H,23,25)(H,26,28)/t15-,16-/m0/s1. The van der Waals surface area contributed by atoms with Gasteiger partial charge in [-0.05, 0) is 55.0 Å². The van der Waals surface area contributed by atoms with Gasteiger partial charge in [-0.15, -0.1) is 16.4 Å². The van der Waals surface area contributed by atoms with E-state index in [-0.39, 0.29) is 5.56 Å². The summed E-state index contributed by atoms with van der Waals surface area (Å²) in [6.45, 7) is 0. The van der Waals surface area contributed by atoms with Crippen LogP contribution < -0.4 is 16.2 Å². The zero-order chi connectivity index (χ0) is 21.5. The minimum absolute atomic E-state index is 0.120. The minimum Gasteiger partial charge on any atom is -0.367 e. The lowest BCUT2D eigenvalue weighted by Crippen LogP contribution is -2.22. The van der Waals surface area contributed by atoms with Crippen LogP contribution in [-0.4, -0.2) is 41.4 Å². The third-order valence-electron chi connectivity index (χ3n) is 5.75. The van der Waals surface area contributed by atoms with Gasteiger partial charge in [0.25, 0.3) is 5.56 Å². The third kappa shape index (κ3) is 3.48. The number of hydrogen-bond donors (Lipinski definition) is 2. The second kappa shape index (κ2) is 7.72. The molecule has 32 heavy (non-hydrogen) atoms. The highest BCUT2D eigenvalue weighted by Gasteiger charge is 2.25. The quantitative estimate of drug-likeness (QED) is 0.429. The van der Waals surface area contributed by atoms with Crippen molar-refractivity contribution in [2.24, 2.45) is 0 Å². The first-order valence-corrected chi connectivity index (χ1v) is 11.4. The predicted molar refractivity (Wildman–Crippen MR) is 125 cm³/mol. The van der Waals surface area contributed by atoms with Crippen LogP contribution in [0, 0.1) is 0 Å². The van der Waals surface area contributed by atoms with E-state index < -0.39 is 0 Å². The Bertz CT molecular complexity index is 1420. The second-order valence-corrected chi connectivity index (χ2v) is 8.82. The van der Waals surface area contributed by atoms with Gasteiger partial charge in [-0.25, -0.2) is 9.50 Å². The molecule has 0 unspecified atom stereocenters. The third-order valence-corrected chi connectivity index (χ3v) is 6.66. The molecule has 0 spiro atoms. The van der Waals surface area contributed by atoms with Gasteiger partial charge in [0.1, 0.15) is 10.5 Å². The van der Waals surface area contributed by atoms with Crippen molar-refractivity contribution < 1.29 is 0 Å². The fraction of sp³-hybridized carbons (Fsp3) is 0.227. The van der Waals surface area contributed by atoms with Crippen LogP contribution in [0.15, 0.2) is 65.2 Å². The van der Waals surface area contributed by atoms with Gasteiger partial charge in [-0.2, -0.15) is 14.8 Å². The molecule has 9 nitrogen and oxygen atoms in total. The molecule has 0 radical (unpaired) electrons. The number of nitrogens with zero attached hydrogens (tertiary/aromatic N) is 6. The van der Waals surface area contributed by atoms with E-state index in [4.69, 9.17) is 0 Å². The number of pyridine rings is 2. The highest BCUT2D eigenvalue weighted by atomic mass is 32.1. The molecular weight excluding hydrogens is 424 g/mol. The maximum atomic E-state index is 12.6. The van der Waals surface area contributed by atoms with Gasteiger partial charge in [-0.1, -0.05) is 6.07 Å². The summed E-state index contributed by atoms with van der Waals surface area (Å²) in [5, 5.41) is 18.5. The average molecular weight is 445 g/mol. The van der Waals surface area contributed by atoms with Crippen LogP contribution in [-0.2, 0) is 0 Å². The lowest BCUT2D eigenvalue weighted by molar-refractivity contribution is 0.716. The summed E-state index contributed by atoms with van der Waals surface area (Å²) in [5.74, 6) is 1.44. The summed E-state index contributed by atoms with van der Waals surface area (Å²) in [4.78, 5) is 21.7. The molecule has 1 fully saturated rings. The van der Waals surface area contributed by atoms with Crippen molar-refractivity contribution in [2.45, 2.75) is 31.3 Å². The number of aromatic nitrogens is 6. The Labute approximate surface area is 186 Å². The van der Waals surface area contributed by atoms with Crippen LogP contribution >= 0.6 is 11.3 Å². The van der Waals surface area contributed by atoms with E-state index >= 15 is 0 Å². The Hall–Kier alpha value is -3.79. The maximum absolute atomic E-state index is 12.6. The van der Waals surface area contributed by atoms with Gasteiger partial charge in [0.05, 0.1) is 18.1 Å². The van der Waals surface area contributed by atoms with Crippen LogP contribution in [0.4, 0.5) is 11.8 Å². The molecule has 0 aromatic carbocycles. The Morgan fingerprint density at radius 1 is 1.03 bits per heavy atom. The van der Waals surface area contributed by atoms with E-state index in [1.807, 2.05) is 48.0 Å². The molecule has 1 aliphatic rings. The molecule has 0 amide bonds. The molecule has 5 heterocycles. The van der Waals surface area contributed by atoms with Crippen LogP contribution in [0.5, 0.6) is 0 Å². The zero-order valence-electron chi connectivity index (χ0n) is 17.0. The average Bonchev–Trinajstić information content (AvgIpc) is 3.54. The van der Waals surface area contributed by atoms with Crippen LogP contribution in [0.1, 0.15) is 19.3 Å². The van der Waals surface area contributed by atoms with E-state index in [1.165, 1.54) is 16.0 Å². The van der Waals surface area contributed by atoms with Crippen molar-refractivity contribution in [3.05, 3.63) is 70.7 Å². The highest BCUT2D eigenvalue weighted by molar-refractivity contribution is 7.17. The molecule has 5 aromatic heterocycles. The first-order chi connectivity index (χ1) is 15.7. The zero-order valence-corrected chi connectivity index (χ0v) is 17.9. The van der Waals surface area contributed by atoms with Crippen molar-refractivity contribution in [3.63, 3.8) is 0 Å². The molecule has 2 atom stereocenters. The predicted octanol–water partition coefficient (Wildman–Crippen LogP) is 3.33. The van der Waals surface area contributed by atoms with Crippen LogP contribution in [0.25, 0.3) is 21.4 Å². The van der Waals surface area contributed by atoms with Crippen molar-refractivity contribution in [1.29, 1.82) is 0 Å². The van der Waals surface area contributed by atoms with Gasteiger partial charge < -0.3 is 10.6 Å². The largest absolute Gasteiger partial charge is 0.367 e. The normalized spacial score (nSPS) is 18.4. The molecule has 1 saturated carbocycles. The number of anilines is 2. The molecule has 10 heteroatoms. The molecule has 160 valence electrons. The SMILES string of the molecule is O=c1c2sccc2cnn1-c1ccc(N[C@H]2CC[C@H](Nc3nc4ccccn4n3)C2)nc1. The Morgan fingerprint density at radius 2 is 1.94 bits per heavy atom. The summed E-state index contributed by atoms with van der Waals surface area (Å²) in [7, 11) is 0. The Balaban J connectivity index is 1.11. The number of thiophene rings is 1. The molecule has 5 aromatic rings. The molecule has 2 N–H and O–H groups in total. The number of hydrogen-bond acceptors (Lipinski definition) is 8. The fourth-order valence-corrected chi connectivity index (χ4v) is 4.97. The van der Waals surface area contributed by atoms with E-state index in [0.717, 1.165) is 36.1 Å². The topological polar surface area (TPSA) is 102 Å². The van der Waals surface area contributed by atoms with Gasteiger partial charge >= 0.3 is 0 Å². The van der Waals surface area contributed by atoms with E-state index in [9.17, 15) is 4.79 Å². The fourth-order valence-electron chi connectivity index (χ4n) is 4.17. The molecule has 0 saturated heterocycles. The van der Waals surface area contributed by atoms with Gasteiger partial charge in [0.2, 0.25) is 5.95 Å². The first-order valence-electron chi connectivity index (χ1n) is 10.5. The Morgan fingerprint density at radius 3 is 2.78 bits per heavy atom. The molecule has 0 bridgehead atoms. The molecular formula is C22H20N8OS. The summed E-state index contributed by atoms with van der Waals surface area (Å²) >= 11 is 1.43. The molecule has 6 rings (SSSR count). The van der Waals surface area contributed by atoms with Crippen molar-refractivity contribution in [1.82, 2.24) is 29.4 Å². The smallest absolute Gasteiger partial charge is 0.289 e. The summed E-state index contributed by atoms with van der Waals surface area (Å²) in [6, 6.07) is 12.1. The van der Waals surface area contributed by atoms with Crippen molar-refractivity contribution in [2.75, 3.05) is 10.6 Å². The lowest BCUT2D eigenvalue weighted by Gasteiger charge is -2.14. The summed E-state index contributed by atoms with van der Waals surface area (Å²) in [6.07, 6.45) is 8.30. The monoisotopic (exact) mass is 444 g/mol. The summed E-state index contributed by atoms with van der Waals surface area (Å²) in [5.41, 5.74) is 1.36. The van der Waals surface area contributed by atoms with E-state index in [0.29, 0.717) is 28.4 Å². The van der Waals surface area contributed by atoms with Crippen LogP contribution in [0.3, 0.4) is 0 Å². The Kier molecular flexibility index (Phi) is 4.57. The number of rotatable bonds is 5. The summed E-state index contributed by atoms with van der Waals surface area (Å²) < 4.78 is 3.87. The lowest BCUT2D eigenvalue weighted by atomic mass is 10.2. The second-order valence-electron chi connectivity index (χ2n) is 7.90.